The lowest BCUT2D eigenvalue weighted by molar-refractivity contribution is 0.551. The predicted octanol–water partition coefficient (Wildman–Crippen LogP) is 1.59. The van der Waals surface area contributed by atoms with Crippen molar-refractivity contribution in [2.24, 2.45) is 0 Å². The lowest BCUT2D eigenvalue weighted by Crippen LogP contribution is -2.18. The van der Waals surface area contributed by atoms with Crippen LogP contribution < -0.4 is 5.32 Å². The number of hydrogen-bond donors (Lipinski definition) is 2. The Kier molecular flexibility index (Phi) is 3.29. The summed E-state index contributed by atoms with van der Waals surface area (Å²) in [6.45, 7) is 2.74. The molecule has 0 aliphatic heterocycles. The van der Waals surface area contributed by atoms with Crippen molar-refractivity contribution in [3.05, 3.63) is 34.0 Å². The molecule has 2 aromatic heterocycles. The molecule has 0 radical (unpaired) electrons. The van der Waals surface area contributed by atoms with E-state index in [-0.39, 0.29) is 6.04 Å². The third kappa shape index (κ3) is 2.45. The predicted molar refractivity (Wildman–Crippen MR) is 60.7 cm³/mol. The SMILES string of the molecule is CC(NCc1cc(C#N)cs1)c1ncn[nH]1. The van der Waals surface area contributed by atoms with Crippen LogP contribution in [0.15, 0.2) is 17.8 Å². The van der Waals surface area contributed by atoms with E-state index < -0.39 is 0 Å². The molecule has 2 N–H and O–H groups in total. The van der Waals surface area contributed by atoms with Gasteiger partial charge in [-0.05, 0) is 13.0 Å². The zero-order valence-electron chi connectivity index (χ0n) is 8.77. The summed E-state index contributed by atoms with van der Waals surface area (Å²) in [7, 11) is 0. The molecule has 0 aliphatic rings. The van der Waals surface area contributed by atoms with Gasteiger partial charge in [0.1, 0.15) is 18.2 Å². The lowest BCUT2D eigenvalue weighted by Gasteiger charge is -2.09. The van der Waals surface area contributed by atoms with E-state index in [1.165, 1.54) is 6.33 Å². The number of H-pyrrole nitrogens is 1. The molecule has 0 bridgehead atoms. The van der Waals surface area contributed by atoms with Crippen LogP contribution in [-0.2, 0) is 6.54 Å². The molecule has 82 valence electrons. The fourth-order valence-electron chi connectivity index (χ4n) is 1.31. The van der Waals surface area contributed by atoms with Gasteiger partial charge in [0, 0.05) is 16.8 Å². The second-order valence-electron chi connectivity index (χ2n) is 3.39. The van der Waals surface area contributed by atoms with E-state index in [4.69, 9.17) is 5.26 Å². The summed E-state index contributed by atoms with van der Waals surface area (Å²) in [4.78, 5) is 5.21. The Morgan fingerprint density at radius 2 is 2.56 bits per heavy atom. The minimum Gasteiger partial charge on any atom is -0.303 e. The fourth-order valence-corrected chi connectivity index (χ4v) is 2.07. The number of aromatic nitrogens is 3. The van der Waals surface area contributed by atoms with Crippen molar-refractivity contribution in [3.63, 3.8) is 0 Å². The minimum atomic E-state index is 0.120. The summed E-state index contributed by atoms with van der Waals surface area (Å²) in [6, 6.07) is 4.13. The zero-order chi connectivity index (χ0) is 11.4. The molecular weight excluding hydrogens is 222 g/mol. The van der Waals surface area contributed by atoms with Crippen molar-refractivity contribution in [3.8, 4) is 6.07 Å². The topological polar surface area (TPSA) is 77.4 Å². The molecule has 0 fully saturated rings. The number of hydrogen-bond acceptors (Lipinski definition) is 5. The van der Waals surface area contributed by atoms with Crippen LogP contribution >= 0.6 is 11.3 Å². The summed E-state index contributed by atoms with van der Waals surface area (Å²) in [6.07, 6.45) is 1.49. The van der Waals surface area contributed by atoms with Crippen LogP contribution in [0.25, 0.3) is 0 Å². The van der Waals surface area contributed by atoms with Crippen LogP contribution in [0.3, 0.4) is 0 Å². The highest BCUT2D eigenvalue weighted by atomic mass is 32.1. The molecular formula is C10H11N5S. The van der Waals surface area contributed by atoms with Gasteiger partial charge in [0.2, 0.25) is 0 Å². The van der Waals surface area contributed by atoms with E-state index in [0.29, 0.717) is 5.56 Å². The number of rotatable bonds is 4. The summed E-state index contributed by atoms with van der Waals surface area (Å²) < 4.78 is 0. The van der Waals surface area contributed by atoms with Crippen LogP contribution in [-0.4, -0.2) is 15.2 Å². The monoisotopic (exact) mass is 233 g/mol. The highest BCUT2D eigenvalue weighted by Gasteiger charge is 2.08. The number of nitriles is 1. The van der Waals surface area contributed by atoms with Gasteiger partial charge in [-0.15, -0.1) is 11.3 Å². The summed E-state index contributed by atoms with van der Waals surface area (Å²) in [5.41, 5.74) is 0.717. The van der Waals surface area contributed by atoms with Crippen molar-refractivity contribution in [1.29, 1.82) is 5.26 Å². The third-order valence-electron chi connectivity index (χ3n) is 2.21. The van der Waals surface area contributed by atoms with E-state index in [0.717, 1.165) is 17.2 Å². The van der Waals surface area contributed by atoms with Crippen molar-refractivity contribution < 1.29 is 0 Å². The summed E-state index contributed by atoms with van der Waals surface area (Å²) in [5, 5.41) is 20.5. The molecule has 0 aliphatic carbocycles. The van der Waals surface area contributed by atoms with Gasteiger partial charge < -0.3 is 5.32 Å². The van der Waals surface area contributed by atoms with Crippen LogP contribution in [0.2, 0.25) is 0 Å². The zero-order valence-corrected chi connectivity index (χ0v) is 9.58. The van der Waals surface area contributed by atoms with Crippen LogP contribution in [0.1, 0.15) is 29.2 Å². The standard InChI is InChI=1S/C10H11N5S/c1-7(10-13-6-14-15-10)12-4-9-2-8(3-11)5-16-9/h2,5-7,12H,4H2,1H3,(H,13,14,15). The van der Waals surface area contributed by atoms with Gasteiger partial charge in [-0.25, -0.2) is 4.98 Å². The highest BCUT2D eigenvalue weighted by Crippen LogP contribution is 2.15. The Labute approximate surface area is 97.1 Å². The molecule has 2 rings (SSSR count). The average molecular weight is 233 g/mol. The smallest absolute Gasteiger partial charge is 0.141 e. The van der Waals surface area contributed by atoms with Crippen molar-refractivity contribution in [2.75, 3.05) is 0 Å². The number of nitrogens with zero attached hydrogens (tertiary/aromatic N) is 3. The average Bonchev–Trinajstić information content (AvgIpc) is 2.96. The van der Waals surface area contributed by atoms with Gasteiger partial charge in [0.15, 0.2) is 0 Å². The normalized spacial score (nSPS) is 12.2. The van der Waals surface area contributed by atoms with Gasteiger partial charge in [-0.3, -0.25) is 5.10 Å². The third-order valence-corrected chi connectivity index (χ3v) is 3.15. The van der Waals surface area contributed by atoms with E-state index in [9.17, 15) is 0 Å². The Balaban J connectivity index is 1.90. The minimum absolute atomic E-state index is 0.120. The van der Waals surface area contributed by atoms with Crippen molar-refractivity contribution in [1.82, 2.24) is 20.5 Å². The number of aromatic amines is 1. The second kappa shape index (κ2) is 4.88. The number of nitrogens with one attached hydrogen (secondary N) is 2. The molecule has 5 nitrogen and oxygen atoms in total. The maximum atomic E-state index is 8.69. The molecule has 16 heavy (non-hydrogen) atoms. The summed E-state index contributed by atoms with van der Waals surface area (Å²) in [5.74, 6) is 0.817. The molecule has 0 saturated carbocycles. The molecule has 0 amide bonds. The first-order chi connectivity index (χ1) is 7.79. The van der Waals surface area contributed by atoms with Gasteiger partial charge in [-0.2, -0.15) is 10.4 Å². The maximum absolute atomic E-state index is 8.69. The van der Waals surface area contributed by atoms with E-state index >= 15 is 0 Å². The quantitative estimate of drug-likeness (QED) is 0.840. The molecule has 0 saturated heterocycles. The Hall–Kier alpha value is -1.71. The Morgan fingerprint density at radius 1 is 1.69 bits per heavy atom. The molecule has 2 aromatic rings. The summed E-state index contributed by atoms with van der Waals surface area (Å²) >= 11 is 1.58. The largest absolute Gasteiger partial charge is 0.303 e. The lowest BCUT2D eigenvalue weighted by atomic mass is 10.3. The maximum Gasteiger partial charge on any atom is 0.141 e. The van der Waals surface area contributed by atoms with E-state index in [1.807, 2.05) is 18.4 Å². The molecule has 6 heteroatoms. The Bertz CT molecular complexity index is 482. The first-order valence-electron chi connectivity index (χ1n) is 4.85. The number of thiophene rings is 1. The van der Waals surface area contributed by atoms with Gasteiger partial charge in [-0.1, -0.05) is 0 Å². The van der Waals surface area contributed by atoms with Gasteiger partial charge >= 0.3 is 0 Å². The second-order valence-corrected chi connectivity index (χ2v) is 4.38. The van der Waals surface area contributed by atoms with Gasteiger partial charge in [0.25, 0.3) is 0 Å². The molecule has 0 aromatic carbocycles. The molecule has 2 heterocycles. The van der Waals surface area contributed by atoms with E-state index in [2.05, 4.69) is 26.6 Å². The fraction of sp³-hybridized carbons (Fsp3) is 0.300. The van der Waals surface area contributed by atoms with Crippen LogP contribution in [0, 0.1) is 11.3 Å². The molecule has 1 unspecified atom stereocenters. The van der Waals surface area contributed by atoms with Gasteiger partial charge in [0.05, 0.1) is 11.6 Å². The van der Waals surface area contributed by atoms with Crippen molar-refractivity contribution in [2.45, 2.75) is 19.5 Å². The molecule has 1 atom stereocenters. The van der Waals surface area contributed by atoms with Crippen molar-refractivity contribution >= 4 is 11.3 Å². The first kappa shape index (κ1) is 10.8. The first-order valence-corrected chi connectivity index (χ1v) is 5.73. The highest BCUT2D eigenvalue weighted by molar-refractivity contribution is 7.10. The Morgan fingerprint density at radius 3 is 3.19 bits per heavy atom. The van der Waals surface area contributed by atoms with E-state index in [1.54, 1.807) is 11.3 Å². The van der Waals surface area contributed by atoms with Crippen LogP contribution in [0.5, 0.6) is 0 Å². The molecule has 0 spiro atoms. The van der Waals surface area contributed by atoms with Crippen LogP contribution in [0.4, 0.5) is 0 Å².